The minimum atomic E-state index is -3.77. The third kappa shape index (κ3) is 4.79. The molecule has 1 amide bonds. The molecule has 1 aliphatic heterocycles. The van der Waals surface area contributed by atoms with Gasteiger partial charge in [0.15, 0.2) is 0 Å². The number of carbonyl (C=O) groups is 1. The standard InChI is InChI=1S/C24H25Cl2FN4O3S/c1-13-20-10-21(24(32)29-35(33,34)19-3-4-19)22(27)11-23(20)31(28-13)18-5-6-30(12-18)14(2)15-7-16(25)9-17(26)8-15/h7-11,14,18-19H,3-6,12H2,1-2H3,(H,29,32)/t14?,18-/m1/s1. The van der Waals surface area contributed by atoms with Crippen LogP contribution in [-0.2, 0) is 10.0 Å². The normalized spacial score (nSPS) is 19.9. The Labute approximate surface area is 213 Å². The lowest BCUT2D eigenvalue weighted by molar-refractivity contribution is 0.0977. The molecule has 2 aromatic carbocycles. The molecule has 11 heteroatoms. The molecule has 1 aliphatic carbocycles. The maximum absolute atomic E-state index is 15.0. The summed E-state index contributed by atoms with van der Waals surface area (Å²) in [4.78, 5) is 14.9. The van der Waals surface area contributed by atoms with Crippen LogP contribution in [0.5, 0.6) is 0 Å². The van der Waals surface area contributed by atoms with Gasteiger partial charge in [-0.05, 0) is 62.9 Å². The van der Waals surface area contributed by atoms with Gasteiger partial charge in [-0.15, -0.1) is 0 Å². The predicted octanol–water partition coefficient (Wildman–Crippen LogP) is 5.02. The van der Waals surface area contributed by atoms with Crippen molar-refractivity contribution in [1.82, 2.24) is 19.4 Å². The van der Waals surface area contributed by atoms with Gasteiger partial charge >= 0.3 is 0 Å². The van der Waals surface area contributed by atoms with Crippen molar-refractivity contribution in [3.8, 4) is 0 Å². The lowest BCUT2D eigenvalue weighted by atomic mass is 10.1. The molecular formula is C24H25Cl2FN4O3S. The number of aryl methyl sites for hydroxylation is 1. The zero-order chi connectivity index (χ0) is 25.1. The molecule has 2 atom stereocenters. The largest absolute Gasteiger partial charge is 0.294 e. The average molecular weight is 539 g/mol. The predicted molar refractivity (Wildman–Crippen MR) is 134 cm³/mol. The van der Waals surface area contributed by atoms with E-state index >= 15 is 4.39 Å². The van der Waals surface area contributed by atoms with Crippen LogP contribution in [0.4, 0.5) is 4.39 Å². The highest BCUT2D eigenvalue weighted by atomic mass is 35.5. The summed E-state index contributed by atoms with van der Waals surface area (Å²) in [5, 5.41) is 5.87. The van der Waals surface area contributed by atoms with Gasteiger partial charge in [0.2, 0.25) is 10.0 Å². The molecule has 35 heavy (non-hydrogen) atoms. The monoisotopic (exact) mass is 538 g/mol. The maximum atomic E-state index is 15.0. The van der Waals surface area contributed by atoms with Gasteiger partial charge in [0, 0.05) is 40.6 Å². The number of fused-ring (bicyclic) bond motifs is 1. The molecule has 2 fully saturated rings. The van der Waals surface area contributed by atoms with Crippen LogP contribution in [0.15, 0.2) is 30.3 Å². The Morgan fingerprint density at radius 2 is 1.83 bits per heavy atom. The zero-order valence-corrected chi connectivity index (χ0v) is 21.6. The summed E-state index contributed by atoms with van der Waals surface area (Å²) in [5.74, 6) is -1.73. The third-order valence-corrected chi connectivity index (χ3v) is 9.13. The molecule has 3 aromatic rings. The van der Waals surface area contributed by atoms with Crippen molar-refractivity contribution in [3.63, 3.8) is 0 Å². The smallest absolute Gasteiger partial charge is 0.267 e. The summed E-state index contributed by atoms with van der Waals surface area (Å²) >= 11 is 12.4. The van der Waals surface area contributed by atoms with E-state index in [9.17, 15) is 13.2 Å². The number of amides is 1. The van der Waals surface area contributed by atoms with E-state index in [0.29, 0.717) is 46.0 Å². The van der Waals surface area contributed by atoms with Gasteiger partial charge in [0.1, 0.15) is 5.82 Å². The molecule has 1 unspecified atom stereocenters. The van der Waals surface area contributed by atoms with Crippen molar-refractivity contribution >= 4 is 50.0 Å². The Bertz CT molecular complexity index is 1420. The Morgan fingerprint density at radius 1 is 1.14 bits per heavy atom. The second kappa shape index (κ2) is 9.03. The van der Waals surface area contributed by atoms with Gasteiger partial charge in [-0.3, -0.25) is 14.4 Å². The Morgan fingerprint density at radius 3 is 2.49 bits per heavy atom. The number of hydrogen-bond donors (Lipinski definition) is 1. The molecule has 1 saturated carbocycles. The first-order chi connectivity index (χ1) is 16.5. The van der Waals surface area contributed by atoms with Crippen LogP contribution in [0.3, 0.4) is 0 Å². The molecule has 1 aromatic heterocycles. The van der Waals surface area contributed by atoms with Crippen LogP contribution >= 0.6 is 23.2 Å². The molecule has 0 radical (unpaired) electrons. The fourth-order valence-corrected chi connectivity index (χ4v) is 6.59. The molecule has 1 N–H and O–H groups in total. The number of likely N-dealkylation sites (tertiary alicyclic amines) is 1. The molecular weight excluding hydrogens is 514 g/mol. The molecule has 2 heterocycles. The van der Waals surface area contributed by atoms with E-state index in [-0.39, 0.29) is 17.6 Å². The fourth-order valence-electron chi connectivity index (χ4n) is 4.76. The summed E-state index contributed by atoms with van der Waals surface area (Å²) in [6, 6.07) is 8.28. The molecule has 2 aliphatic rings. The number of nitrogens with zero attached hydrogens (tertiary/aromatic N) is 3. The van der Waals surface area contributed by atoms with Crippen molar-refractivity contribution in [2.45, 2.75) is 50.4 Å². The van der Waals surface area contributed by atoms with E-state index in [2.05, 4.69) is 16.9 Å². The first-order valence-electron chi connectivity index (χ1n) is 11.5. The average Bonchev–Trinajstić information content (AvgIpc) is 3.46. The fraction of sp³-hybridized carbons (Fsp3) is 0.417. The molecule has 1 saturated heterocycles. The second-order valence-corrected chi connectivity index (χ2v) is 12.2. The number of carbonyl (C=O) groups excluding carboxylic acids is 1. The van der Waals surface area contributed by atoms with Crippen molar-refractivity contribution < 1.29 is 17.6 Å². The number of aromatic nitrogens is 2. The number of hydrogen-bond acceptors (Lipinski definition) is 5. The van der Waals surface area contributed by atoms with E-state index in [1.54, 1.807) is 13.0 Å². The van der Waals surface area contributed by atoms with Crippen LogP contribution in [0.25, 0.3) is 10.9 Å². The minimum absolute atomic E-state index is 0.0117. The van der Waals surface area contributed by atoms with Crippen LogP contribution in [-0.4, -0.2) is 47.3 Å². The third-order valence-electron chi connectivity index (χ3n) is 6.88. The number of nitrogens with one attached hydrogen (secondary N) is 1. The molecule has 5 rings (SSSR count). The summed E-state index contributed by atoms with van der Waals surface area (Å²) in [6.07, 6.45) is 1.84. The SMILES string of the molecule is Cc1nn([C@@H]2CCN(C(C)c3cc(Cl)cc(Cl)c3)C2)c2cc(F)c(C(=O)NS(=O)(=O)C3CC3)cc12. The summed E-state index contributed by atoms with van der Waals surface area (Å²) in [5.41, 5.74) is 1.94. The number of halogens is 3. The Hall–Kier alpha value is -2.20. The maximum Gasteiger partial charge on any atom is 0.267 e. The minimum Gasteiger partial charge on any atom is -0.294 e. The summed E-state index contributed by atoms with van der Waals surface area (Å²) in [7, 11) is -3.77. The molecule has 0 bridgehead atoms. The number of sulfonamides is 1. The molecule has 0 spiro atoms. The van der Waals surface area contributed by atoms with Crippen molar-refractivity contribution in [2.24, 2.45) is 0 Å². The van der Waals surface area contributed by atoms with Gasteiger partial charge in [0.25, 0.3) is 5.91 Å². The van der Waals surface area contributed by atoms with E-state index in [1.165, 1.54) is 12.1 Å². The molecule has 186 valence electrons. The van der Waals surface area contributed by atoms with Gasteiger partial charge < -0.3 is 0 Å². The Kier molecular flexibility index (Phi) is 6.32. The number of benzene rings is 2. The Balaban J connectivity index is 1.39. The summed E-state index contributed by atoms with van der Waals surface area (Å²) in [6.45, 7) is 5.41. The first kappa shape index (κ1) is 24.5. The van der Waals surface area contributed by atoms with E-state index in [4.69, 9.17) is 23.2 Å². The van der Waals surface area contributed by atoms with Crippen molar-refractivity contribution in [3.05, 3.63) is 63.0 Å². The topological polar surface area (TPSA) is 84.3 Å². The van der Waals surface area contributed by atoms with Crippen LogP contribution in [0, 0.1) is 12.7 Å². The zero-order valence-electron chi connectivity index (χ0n) is 19.3. The lowest BCUT2D eigenvalue weighted by Gasteiger charge is -2.25. The van der Waals surface area contributed by atoms with Crippen LogP contribution in [0.2, 0.25) is 10.0 Å². The first-order valence-corrected chi connectivity index (χ1v) is 13.8. The van der Waals surface area contributed by atoms with Crippen molar-refractivity contribution in [1.29, 1.82) is 0 Å². The van der Waals surface area contributed by atoms with Crippen molar-refractivity contribution in [2.75, 3.05) is 13.1 Å². The molecule has 7 nitrogen and oxygen atoms in total. The quantitative estimate of drug-likeness (QED) is 0.476. The summed E-state index contributed by atoms with van der Waals surface area (Å²) < 4.78 is 43.1. The van der Waals surface area contributed by atoms with Crippen LogP contribution in [0.1, 0.15) is 59.9 Å². The van der Waals surface area contributed by atoms with Gasteiger partial charge in [-0.25, -0.2) is 17.5 Å². The second-order valence-electron chi connectivity index (χ2n) is 9.37. The van der Waals surface area contributed by atoms with Crippen LogP contribution < -0.4 is 4.72 Å². The van der Waals surface area contributed by atoms with Gasteiger partial charge in [-0.2, -0.15) is 5.10 Å². The lowest BCUT2D eigenvalue weighted by Crippen LogP contribution is -2.33. The number of rotatable bonds is 6. The van der Waals surface area contributed by atoms with Gasteiger partial charge in [-0.1, -0.05) is 23.2 Å². The highest BCUT2D eigenvalue weighted by molar-refractivity contribution is 7.91. The van der Waals surface area contributed by atoms with E-state index in [0.717, 1.165) is 18.5 Å². The van der Waals surface area contributed by atoms with E-state index < -0.39 is 27.0 Å². The highest BCUT2D eigenvalue weighted by Gasteiger charge is 2.37. The van der Waals surface area contributed by atoms with Gasteiger partial charge in [0.05, 0.1) is 28.1 Å². The highest BCUT2D eigenvalue weighted by Crippen LogP contribution is 2.35. The van der Waals surface area contributed by atoms with E-state index in [1.807, 2.05) is 21.5 Å².